The fourth-order valence-corrected chi connectivity index (χ4v) is 10.5. The topological polar surface area (TPSA) is 51.2 Å². The van der Waals surface area contributed by atoms with Crippen molar-refractivity contribution in [1.82, 2.24) is 0 Å². The average Bonchev–Trinajstić information content (AvgIpc) is 2.82. The van der Waals surface area contributed by atoms with Crippen molar-refractivity contribution in [1.29, 1.82) is 0 Å². The number of carbonyl (C=O) groups is 1. The Labute approximate surface area is 194 Å². The first-order valence-electron chi connectivity index (χ1n) is 10.4. The smallest absolute Gasteiger partial charge is 0.192 e. The van der Waals surface area contributed by atoms with Crippen LogP contribution in [-0.4, -0.2) is 32.5 Å². The van der Waals surface area contributed by atoms with Gasteiger partial charge in [0.1, 0.15) is 10.7 Å². The summed E-state index contributed by atoms with van der Waals surface area (Å²) >= 11 is 3.42. The van der Waals surface area contributed by atoms with Crippen LogP contribution in [0.2, 0.25) is 6.55 Å². The maximum Gasteiger partial charge on any atom is 0.192 e. The summed E-state index contributed by atoms with van der Waals surface area (Å²) in [6.45, 7) is 1.98. The maximum absolute atomic E-state index is 14.3. The Bertz CT molecular complexity index is 1050. The molecule has 0 bridgehead atoms. The molecule has 0 aromatic heterocycles. The van der Waals surface area contributed by atoms with E-state index in [1.54, 1.807) is 30.3 Å². The van der Waals surface area contributed by atoms with Gasteiger partial charge in [0.2, 0.25) is 0 Å². The Balaban J connectivity index is 2.15. The second-order valence-electron chi connectivity index (χ2n) is 7.75. The molecule has 6 heteroatoms. The molecular weight excluding hydrogens is 488 g/mol. The van der Waals surface area contributed by atoms with Crippen LogP contribution < -0.4 is 10.4 Å². The zero-order valence-electron chi connectivity index (χ0n) is 17.6. The predicted octanol–water partition coefficient (Wildman–Crippen LogP) is 4.40. The first-order valence-corrected chi connectivity index (χ1v) is 15.6. The third-order valence-corrected chi connectivity index (χ3v) is 13.0. The van der Waals surface area contributed by atoms with Crippen LogP contribution in [-0.2, 0) is 14.6 Å². The Morgan fingerprint density at radius 1 is 0.806 bits per heavy atom. The Morgan fingerprint density at radius 2 is 1.26 bits per heavy atom. The van der Waals surface area contributed by atoms with Crippen molar-refractivity contribution in [3.63, 3.8) is 0 Å². The lowest BCUT2D eigenvalue weighted by Gasteiger charge is -2.31. The minimum atomic E-state index is -3.81. The van der Waals surface area contributed by atoms with Crippen molar-refractivity contribution in [3.05, 3.63) is 91.0 Å². The first kappa shape index (κ1) is 23.6. The van der Waals surface area contributed by atoms with Gasteiger partial charge >= 0.3 is 0 Å². The number of alkyl halides is 1. The van der Waals surface area contributed by atoms with Gasteiger partial charge in [0, 0.05) is 5.33 Å². The van der Waals surface area contributed by atoms with Gasteiger partial charge in [-0.3, -0.25) is 0 Å². The molecule has 1 unspecified atom stereocenters. The van der Waals surface area contributed by atoms with Crippen LogP contribution in [0.5, 0.6) is 0 Å². The molecule has 0 aliphatic heterocycles. The summed E-state index contributed by atoms with van der Waals surface area (Å²) in [6, 6.07) is 27.7. The fourth-order valence-electron chi connectivity index (χ4n) is 3.94. The van der Waals surface area contributed by atoms with E-state index < -0.39 is 23.2 Å². The summed E-state index contributed by atoms with van der Waals surface area (Å²) in [6.07, 6.45) is 1.81. The molecule has 0 amide bonds. The molecule has 3 aromatic rings. The number of hydrogen-bond acceptors (Lipinski definition) is 3. The van der Waals surface area contributed by atoms with Gasteiger partial charge < -0.3 is 4.79 Å². The average molecular weight is 516 g/mol. The molecule has 31 heavy (non-hydrogen) atoms. The van der Waals surface area contributed by atoms with Gasteiger partial charge in [-0.1, -0.05) is 108 Å². The van der Waals surface area contributed by atoms with Crippen molar-refractivity contribution in [2.75, 3.05) is 5.33 Å². The third-order valence-electron chi connectivity index (χ3n) is 5.78. The Morgan fingerprint density at radius 3 is 1.71 bits per heavy atom. The van der Waals surface area contributed by atoms with Gasteiger partial charge in [-0.15, -0.1) is 0 Å². The number of hydrogen-bond donors (Lipinski definition) is 0. The summed E-state index contributed by atoms with van der Waals surface area (Å²) in [5.74, 6) is 0. The Hall–Kier alpha value is -2.02. The highest BCUT2D eigenvalue weighted by Gasteiger charge is 2.47. The lowest BCUT2D eigenvalue weighted by atomic mass is 10.2. The minimum absolute atomic E-state index is 0.150. The lowest BCUT2D eigenvalue weighted by Crippen LogP contribution is -2.66. The highest BCUT2D eigenvalue weighted by molar-refractivity contribution is 9.09. The van der Waals surface area contributed by atoms with E-state index in [2.05, 4.69) is 15.9 Å². The highest BCUT2D eigenvalue weighted by atomic mass is 79.9. The van der Waals surface area contributed by atoms with Gasteiger partial charge in [-0.25, -0.2) is 8.42 Å². The van der Waals surface area contributed by atoms with Crippen LogP contribution in [0, 0.1) is 0 Å². The van der Waals surface area contributed by atoms with Crippen LogP contribution in [0.1, 0.15) is 19.3 Å². The van der Waals surface area contributed by atoms with Gasteiger partial charge in [0.05, 0.1) is 4.90 Å². The predicted molar refractivity (Wildman–Crippen MR) is 134 cm³/mol. The summed E-state index contributed by atoms with van der Waals surface area (Å²) in [7, 11) is -6.81. The number of halogens is 1. The third kappa shape index (κ3) is 5.08. The number of sulfone groups is 1. The van der Waals surface area contributed by atoms with Crippen molar-refractivity contribution < 1.29 is 13.2 Å². The van der Waals surface area contributed by atoms with E-state index in [0.717, 1.165) is 22.1 Å². The molecule has 0 aliphatic carbocycles. The molecule has 1 atom stereocenters. The van der Waals surface area contributed by atoms with E-state index >= 15 is 0 Å². The zero-order chi connectivity index (χ0) is 22.3. The lowest BCUT2D eigenvalue weighted by molar-refractivity contribution is -0.112. The summed E-state index contributed by atoms with van der Waals surface area (Å²) < 4.78 is 27.3. The molecule has 0 N–H and O–H groups in total. The van der Waals surface area contributed by atoms with Gasteiger partial charge in [-0.2, -0.15) is 0 Å². The van der Waals surface area contributed by atoms with Crippen molar-refractivity contribution in [2.24, 2.45) is 0 Å². The molecule has 0 saturated carbocycles. The fraction of sp³-hybridized carbons (Fsp3) is 0.240. The molecule has 162 valence electrons. The Kier molecular flexibility index (Phi) is 8.03. The SMILES string of the molecule is C[Si](C(=O)C(CCCCBr)S(=O)(=O)c1ccccc1)(c1ccccc1)c1ccccc1. The van der Waals surface area contributed by atoms with E-state index in [1.807, 2.05) is 67.2 Å². The summed E-state index contributed by atoms with van der Waals surface area (Å²) in [5.41, 5.74) is 0. The van der Waals surface area contributed by atoms with Crippen molar-refractivity contribution in [2.45, 2.75) is 36.0 Å². The maximum atomic E-state index is 14.3. The summed E-state index contributed by atoms with van der Waals surface area (Å²) in [5, 5.41) is 1.43. The quantitative estimate of drug-likeness (QED) is 0.229. The van der Waals surface area contributed by atoms with Crippen LogP contribution in [0.15, 0.2) is 95.9 Å². The summed E-state index contributed by atoms with van der Waals surface area (Å²) in [4.78, 5) is 14.5. The second-order valence-corrected chi connectivity index (χ2v) is 14.6. The van der Waals surface area contributed by atoms with Crippen LogP contribution >= 0.6 is 15.9 Å². The van der Waals surface area contributed by atoms with E-state index in [4.69, 9.17) is 0 Å². The molecule has 3 nitrogen and oxygen atoms in total. The van der Waals surface area contributed by atoms with Gasteiger partial charge in [-0.05, 0) is 35.3 Å². The molecule has 3 rings (SSSR count). The molecule has 3 aromatic carbocycles. The van der Waals surface area contributed by atoms with Crippen molar-refractivity contribution in [3.8, 4) is 0 Å². The van der Waals surface area contributed by atoms with Crippen LogP contribution in [0.3, 0.4) is 0 Å². The van der Waals surface area contributed by atoms with E-state index in [-0.39, 0.29) is 10.3 Å². The zero-order valence-corrected chi connectivity index (χ0v) is 21.0. The molecular formula is C25H27BrO3SSi. The molecule has 0 aliphatic rings. The number of rotatable bonds is 10. The largest absolute Gasteiger partial charge is 0.303 e. The number of carbonyl (C=O) groups excluding carboxylic acids is 1. The van der Waals surface area contributed by atoms with Gasteiger partial charge in [0.15, 0.2) is 17.9 Å². The first-order chi connectivity index (χ1) is 14.9. The molecule has 0 heterocycles. The number of benzene rings is 3. The van der Waals surface area contributed by atoms with Gasteiger partial charge in [0.25, 0.3) is 0 Å². The monoisotopic (exact) mass is 514 g/mol. The number of unbranched alkanes of at least 4 members (excludes halogenated alkanes) is 1. The highest BCUT2D eigenvalue weighted by Crippen LogP contribution is 2.25. The van der Waals surface area contributed by atoms with E-state index in [1.165, 1.54) is 0 Å². The van der Waals surface area contributed by atoms with E-state index in [0.29, 0.717) is 12.8 Å². The molecule has 0 radical (unpaired) electrons. The molecule has 0 spiro atoms. The van der Waals surface area contributed by atoms with E-state index in [9.17, 15) is 13.2 Å². The van der Waals surface area contributed by atoms with Crippen molar-refractivity contribution >= 4 is 49.6 Å². The van der Waals surface area contributed by atoms with Crippen LogP contribution in [0.4, 0.5) is 0 Å². The normalized spacial score (nSPS) is 13.0. The standard InChI is InChI=1S/C25H27BrO3SSi/c1-31(22-15-7-3-8-16-22,23-17-9-4-10-18-23)25(27)24(19-11-12-20-26)30(28,29)21-13-5-2-6-14-21/h2-10,13-18,24H,11-12,19-20H2,1H3. The molecule has 0 saturated heterocycles. The molecule has 0 fully saturated rings. The minimum Gasteiger partial charge on any atom is -0.303 e. The second kappa shape index (κ2) is 10.5. The van der Waals surface area contributed by atoms with Crippen LogP contribution in [0.25, 0.3) is 0 Å².